The summed E-state index contributed by atoms with van der Waals surface area (Å²) >= 11 is 1.85. The highest BCUT2D eigenvalue weighted by molar-refractivity contribution is 7.25. The number of hydrogen-bond acceptors (Lipinski definition) is 3. The Bertz CT molecular complexity index is 1840. The van der Waals surface area contributed by atoms with Crippen LogP contribution >= 0.6 is 11.3 Å². The second kappa shape index (κ2) is 8.15. The van der Waals surface area contributed by atoms with Gasteiger partial charge >= 0.3 is 0 Å². The lowest BCUT2D eigenvalue weighted by Crippen LogP contribution is -1.95. The third-order valence-corrected chi connectivity index (χ3v) is 7.62. The standard InChI is InChI=1S/C32H20N2S/c1-3-10-21(11-4-1)31-26-20-23(18-19-27(26)33-32(34-31)22-12-5-2-6-13-22)24-15-9-17-29-30(24)25-14-7-8-16-28(25)35-29/h1-20H. The Morgan fingerprint density at radius 2 is 1.20 bits per heavy atom. The lowest BCUT2D eigenvalue weighted by atomic mass is 9.96. The normalized spacial score (nSPS) is 11.4. The molecule has 0 N–H and O–H groups in total. The summed E-state index contributed by atoms with van der Waals surface area (Å²) in [6.07, 6.45) is 0. The molecule has 0 unspecified atom stereocenters. The third kappa shape index (κ3) is 3.40. The molecule has 7 aromatic rings. The van der Waals surface area contributed by atoms with E-state index in [0.717, 1.165) is 33.5 Å². The van der Waals surface area contributed by atoms with E-state index in [4.69, 9.17) is 9.97 Å². The molecule has 0 aliphatic carbocycles. The quantitative estimate of drug-likeness (QED) is 0.261. The van der Waals surface area contributed by atoms with Crippen LogP contribution in [0.25, 0.3) is 64.8 Å². The number of fused-ring (bicyclic) bond motifs is 4. The second-order valence-corrected chi connectivity index (χ2v) is 9.72. The molecule has 5 aromatic carbocycles. The summed E-state index contributed by atoms with van der Waals surface area (Å²) < 4.78 is 2.62. The fourth-order valence-electron chi connectivity index (χ4n) is 4.84. The first-order chi connectivity index (χ1) is 17.3. The summed E-state index contributed by atoms with van der Waals surface area (Å²) in [5, 5.41) is 3.68. The second-order valence-electron chi connectivity index (χ2n) is 8.64. The first-order valence-corrected chi connectivity index (χ1v) is 12.5. The predicted molar refractivity (Wildman–Crippen MR) is 149 cm³/mol. The molecule has 0 atom stereocenters. The van der Waals surface area contributed by atoms with Crippen LogP contribution in [-0.2, 0) is 0 Å². The first kappa shape index (κ1) is 20.1. The molecule has 0 saturated heterocycles. The number of hydrogen-bond donors (Lipinski definition) is 0. The van der Waals surface area contributed by atoms with Gasteiger partial charge in [0.05, 0.1) is 11.2 Å². The van der Waals surface area contributed by atoms with Gasteiger partial charge in [-0.2, -0.15) is 0 Å². The summed E-state index contributed by atoms with van der Waals surface area (Å²) in [7, 11) is 0. The van der Waals surface area contributed by atoms with E-state index >= 15 is 0 Å². The van der Waals surface area contributed by atoms with E-state index in [2.05, 4.69) is 97.1 Å². The Kier molecular flexibility index (Phi) is 4.68. The average Bonchev–Trinajstić information content (AvgIpc) is 3.32. The largest absolute Gasteiger partial charge is 0.228 e. The summed E-state index contributed by atoms with van der Waals surface area (Å²) in [6, 6.07) is 42.5. The molecule has 0 saturated carbocycles. The summed E-state index contributed by atoms with van der Waals surface area (Å²) in [6.45, 7) is 0. The van der Waals surface area contributed by atoms with Gasteiger partial charge in [-0.1, -0.05) is 97.1 Å². The van der Waals surface area contributed by atoms with Crippen molar-refractivity contribution in [3.63, 3.8) is 0 Å². The molecule has 2 nitrogen and oxygen atoms in total. The van der Waals surface area contributed by atoms with Gasteiger partial charge in [-0.15, -0.1) is 11.3 Å². The Balaban J connectivity index is 1.51. The van der Waals surface area contributed by atoms with Gasteiger partial charge in [-0.05, 0) is 35.4 Å². The van der Waals surface area contributed by atoms with Crippen molar-refractivity contribution >= 4 is 42.4 Å². The van der Waals surface area contributed by atoms with Crippen LogP contribution in [0.1, 0.15) is 0 Å². The van der Waals surface area contributed by atoms with E-state index < -0.39 is 0 Å². The van der Waals surface area contributed by atoms with E-state index in [9.17, 15) is 0 Å². The van der Waals surface area contributed by atoms with Crippen LogP contribution in [0.2, 0.25) is 0 Å². The lowest BCUT2D eigenvalue weighted by Gasteiger charge is -2.12. The molecule has 0 fully saturated rings. The molecule has 0 spiro atoms. The van der Waals surface area contributed by atoms with Crippen LogP contribution < -0.4 is 0 Å². The number of thiophene rings is 1. The lowest BCUT2D eigenvalue weighted by molar-refractivity contribution is 1.23. The van der Waals surface area contributed by atoms with Gasteiger partial charge in [-0.25, -0.2) is 9.97 Å². The Morgan fingerprint density at radius 1 is 0.486 bits per heavy atom. The maximum atomic E-state index is 5.07. The van der Waals surface area contributed by atoms with Gasteiger partial charge < -0.3 is 0 Å². The van der Waals surface area contributed by atoms with E-state index in [-0.39, 0.29) is 0 Å². The molecule has 0 radical (unpaired) electrons. The van der Waals surface area contributed by atoms with Crippen LogP contribution in [0, 0.1) is 0 Å². The van der Waals surface area contributed by atoms with Gasteiger partial charge in [0.25, 0.3) is 0 Å². The van der Waals surface area contributed by atoms with E-state index in [1.165, 1.54) is 31.3 Å². The summed E-state index contributed by atoms with van der Waals surface area (Å²) in [5.74, 6) is 0.746. The van der Waals surface area contributed by atoms with Crippen LogP contribution in [-0.4, -0.2) is 9.97 Å². The minimum absolute atomic E-state index is 0.746. The minimum atomic E-state index is 0.746. The van der Waals surface area contributed by atoms with Crippen LogP contribution in [0.4, 0.5) is 0 Å². The van der Waals surface area contributed by atoms with Crippen molar-refractivity contribution in [3.8, 4) is 33.8 Å². The highest BCUT2D eigenvalue weighted by atomic mass is 32.1. The summed E-state index contributed by atoms with van der Waals surface area (Å²) in [5.41, 5.74) is 6.44. The summed E-state index contributed by atoms with van der Waals surface area (Å²) in [4.78, 5) is 10.0. The van der Waals surface area contributed by atoms with Crippen molar-refractivity contribution in [2.75, 3.05) is 0 Å². The molecule has 35 heavy (non-hydrogen) atoms. The van der Waals surface area contributed by atoms with Crippen molar-refractivity contribution in [2.24, 2.45) is 0 Å². The molecule has 0 amide bonds. The van der Waals surface area contributed by atoms with E-state index in [0.29, 0.717) is 0 Å². The SMILES string of the molecule is c1ccc(-c2nc(-c3ccccc3)c3cc(-c4cccc5sc6ccccc6c45)ccc3n2)cc1. The molecule has 0 bridgehead atoms. The maximum Gasteiger partial charge on any atom is 0.160 e. The van der Waals surface area contributed by atoms with E-state index in [1.54, 1.807) is 0 Å². The van der Waals surface area contributed by atoms with Gasteiger partial charge in [0, 0.05) is 36.7 Å². The smallest absolute Gasteiger partial charge is 0.160 e. The zero-order valence-corrected chi connectivity index (χ0v) is 19.7. The van der Waals surface area contributed by atoms with Gasteiger partial charge in [0.2, 0.25) is 0 Å². The van der Waals surface area contributed by atoms with Gasteiger partial charge in [0.1, 0.15) is 0 Å². The average molecular weight is 465 g/mol. The Morgan fingerprint density at radius 3 is 2.03 bits per heavy atom. The van der Waals surface area contributed by atoms with Crippen molar-refractivity contribution in [1.82, 2.24) is 9.97 Å². The molecule has 7 rings (SSSR count). The molecule has 2 heterocycles. The third-order valence-electron chi connectivity index (χ3n) is 6.49. The fraction of sp³-hybridized carbons (Fsp3) is 0. The number of aromatic nitrogens is 2. The monoisotopic (exact) mass is 464 g/mol. The fourth-order valence-corrected chi connectivity index (χ4v) is 5.98. The van der Waals surface area contributed by atoms with Crippen molar-refractivity contribution < 1.29 is 0 Å². The molecule has 164 valence electrons. The van der Waals surface area contributed by atoms with Crippen LogP contribution in [0.15, 0.2) is 121 Å². The zero-order valence-electron chi connectivity index (χ0n) is 18.8. The molecule has 3 heteroatoms. The van der Waals surface area contributed by atoms with Gasteiger partial charge in [-0.3, -0.25) is 0 Å². The van der Waals surface area contributed by atoms with Crippen LogP contribution in [0.3, 0.4) is 0 Å². The molecule has 0 aliphatic heterocycles. The number of rotatable bonds is 3. The Labute approximate surface area is 207 Å². The highest BCUT2D eigenvalue weighted by Gasteiger charge is 2.15. The first-order valence-electron chi connectivity index (χ1n) is 11.7. The van der Waals surface area contributed by atoms with Gasteiger partial charge in [0.15, 0.2) is 5.82 Å². The van der Waals surface area contributed by atoms with Crippen LogP contribution in [0.5, 0.6) is 0 Å². The molecule has 0 aliphatic rings. The Hall–Kier alpha value is -4.34. The predicted octanol–water partition coefficient (Wildman–Crippen LogP) is 9.00. The maximum absolute atomic E-state index is 5.07. The molecular weight excluding hydrogens is 444 g/mol. The van der Waals surface area contributed by atoms with E-state index in [1.807, 2.05) is 35.6 Å². The number of benzene rings is 5. The zero-order chi connectivity index (χ0) is 23.2. The molecular formula is C32H20N2S. The minimum Gasteiger partial charge on any atom is -0.228 e. The number of nitrogens with zero attached hydrogens (tertiary/aromatic N) is 2. The highest BCUT2D eigenvalue weighted by Crippen LogP contribution is 2.41. The van der Waals surface area contributed by atoms with Crippen molar-refractivity contribution in [1.29, 1.82) is 0 Å². The van der Waals surface area contributed by atoms with Crippen molar-refractivity contribution in [3.05, 3.63) is 121 Å². The molecule has 2 aromatic heterocycles. The topological polar surface area (TPSA) is 25.8 Å². The van der Waals surface area contributed by atoms with Crippen molar-refractivity contribution in [2.45, 2.75) is 0 Å².